The summed E-state index contributed by atoms with van der Waals surface area (Å²) in [6, 6.07) is 5.10. The first-order chi connectivity index (χ1) is 7.60. The second kappa shape index (κ2) is 4.42. The summed E-state index contributed by atoms with van der Waals surface area (Å²) >= 11 is 0. The zero-order valence-corrected chi connectivity index (χ0v) is 9.91. The first-order valence-corrected chi connectivity index (χ1v) is 5.84. The highest BCUT2D eigenvalue weighted by molar-refractivity contribution is 5.50. The molecule has 0 radical (unpaired) electrons. The Hall–Kier alpha value is -1.09. The van der Waals surface area contributed by atoms with Gasteiger partial charge in [0.1, 0.15) is 5.82 Å². The number of anilines is 1. The van der Waals surface area contributed by atoms with Gasteiger partial charge in [-0.25, -0.2) is 4.39 Å². The van der Waals surface area contributed by atoms with Gasteiger partial charge >= 0.3 is 0 Å². The van der Waals surface area contributed by atoms with Crippen molar-refractivity contribution in [3.63, 3.8) is 0 Å². The molecule has 0 amide bonds. The third-order valence-electron chi connectivity index (χ3n) is 3.53. The zero-order chi connectivity index (χ0) is 11.7. The van der Waals surface area contributed by atoms with E-state index in [1.165, 1.54) is 6.07 Å². The summed E-state index contributed by atoms with van der Waals surface area (Å²) in [6.07, 6.45) is 0. The molecule has 0 saturated carbocycles. The van der Waals surface area contributed by atoms with Crippen LogP contribution in [-0.2, 0) is 6.54 Å². The number of halogens is 1. The van der Waals surface area contributed by atoms with E-state index in [0.29, 0.717) is 18.4 Å². The molecule has 0 spiro atoms. The van der Waals surface area contributed by atoms with Crippen molar-refractivity contribution in [3.8, 4) is 0 Å². The maximum atomic E-state index is 13.4. The van der Waals surface area contributed by atoms with Crippen LogP contribution in [-0.4, -0.2) is 13.1 Å². The molecule has 2 rings (SSSR count). The molecule has 1 heterocycles. The van der Waals surface area contributed by atoms with Gasteiger partial charge in [0, 0.05) is 25.3 Å². The Kier molecular flexibility index (Phi) is 3.15. The number of benzene rings is 1. The van der Waals surface area contributed by atoms with E-state index in [0.717, 1.165) is 24.3 Å². The highest BCUT2D eigenvalue weighted by Gasteiger charge is 2.26. The maximum Gasteiger partial charge on any atom is 0.125 e. The third kappa shape index (κ3) is 2.19. The standard InChI is InChI=1S/C13H19FN2/c1-9-7-16(8-10(9)2)13-4-11(6-15)3-12(14)5-13/h3-5,9-10H,6-8,15H2,1-2H3. The Labute approximate surface area is 96.2 Å². The second-order valence-corrected chi connectivity index (χ2v) is 4.88. The lowest BCUT2D eigenvalue weighted by atomic mass is 10.0. The van der Waals surface area contributed by atoms with Gasteiger partial charge in [-0.2, -0.15) is 0 Å². The lowest BCUT2D eigenvalue weighted by Crippen LogP contribution is -2.20. The van der Waals surface area contributed by atoms with E-state index < -0.39 is 0 Å². The normalized spacial score (nSPS) is 25.1. The topological polar surface area (TPSA) is 29.3 Å². The molecule has 1 fully saturated rings. The van der Waals surface area contributed by atoms with Gasteiger partial charge in [0.25, 0.3) is 0 Å². The average molecular weight is 222 g/mol. The Bertz CT molecular complexity index is 368. The van der Waals surface area contributed by atoms with E-state index in [1.54, 1.807) is 6.07 Å². The maximum absolute atomic E-state index is 13.4. The van der Waals surface area contributed by atoms with Gasteiger partial charge in [-0.15, -0.1) is 0 Å². The molecule has 2 nitrogen and oxygen atoms in total. The van der Waals surface area contributed by atoms with Gasteiger partial charge in [-0.1, -0.05) is 13.8 Å². The van der Waals surface area contributed by atoms with E-state index in [-0.39, 0.29) is 5.82 Å². The van der Waals surface area contributed by atoms with E-state index in [9.17, 15) is 4.39 Å². The first-order valence-electron chi connectivity index (χ1n) is 5.84. The Morgan fingerprint density at radius 2 is 1.88 bits per heavy atom. The van der Waals surface area contributed by atoms with Crippen LogP contribution in [0.3, 0.4) is 0 Å². The molecule has 88 valence electrons. The molecule has 1 aliphatic rings. The largest absolute Gasteiger partial charge is 0.371 e. The number of hydrogen-bond donors (Lipinski definition) is 1. The smallest absolute Gasteiger partial charge is 0.125 e. The van der Waals surface area contributed by atoms with Gasteiger partial charge in [0.05, 0.1) is 0 Å². The van der Waals surface area contributed by atoms with E-state index >= 15 is 0 Å². The lowest BCUT2D eigenvalue weighted by molar-refractivity contribution is 0.494. The number of rotatable bonds is 2. The van der Waals surface area contributed by atoms with Crippen LogP contribution in [0.2, 0.25) is 0 Å². The minimum absolute atomic E-state index is 0.190. The summed E-state index contributed by atoms with van der Waals surface area (Å²) in [5.74, 6) is 1.15. The molecule has 3 heteroatoms. The number of hydrogen-bond acceptors (Lipinski definition) is 2. The SMILES string of the molecule is CC1CN(c2cc(F)cc(CN)c2)CC1C. The summed E-state index contributed by atoms with van der Waals surface area (Å²) < 4.78 is 13.4. The summed E-state index contributed by atoms with van der Waals surface area (Å²) in [7, 11) is 0. The monoisotopic (exact) mass is 222 g/mol. The molecule has 2 atom stereocenters. The molecule has 0 bridgehead atoms. The van der Waals surface area contributed by atoms with Crippen molar-refractivity contribution in [1.82, 2.24) is 0 Å². The van der Waals surface area contributed by atoms with Crippen molar-refractivity contribution >= 4 is 5.69 Å². The number of nitrogens with zero attached hydrogens (tertiary/aromatic N) is 1. The predicted molar refractivity (Wildman–Crippen MR) is 64.8 cm³/mol. The van der Waals surface area contributed by atoms with Crippen molar-refractivity contribution < 1.29 is 4.39 Å². The van der Waals surface area contributed by atoms with Crippen molar-refractivity contribution in [1.29, 1.82) is 0 Å². The van der Waals surface area contributed by atoms with E-state index in [1.807, 2.05) is 6.07 Å². The van der Waals surface area contributed by atoms with Crippen molar-refractivity contribution in [2.75, 3.05) is 18.0 Å². The highest BCUT2D eigenvalue weighted by atomic mass is 19.1. The summed E-state index contributed by atoms with van der Waals surface area (Å²) in [5, 5.41) is 0. The Morgan fingerprint density at radius 1 is 1.25 bits per heavy atom. The van der Waals surface area contributed by atoms with Crippen LogP contribution in [0.5, 0.6) is 0 Å². The zero-order valence-electron chi connectivity index (χ0n) is 9.91. The van der Waals surface area contributed by atoms with E-state index in [2.05, 4.69) is 18.7 Å². The molecule has 0 aromatic heterocycles. The van der Waals surface area contributed by atoms with Crippen LogP contribution in [0.15, 0.2) is 18.2 Å². The van der Waals surface area contributed by atoms with Gasteiger partial charge in [0.15, 0.2) is 0 Å². The molecular weight excluding hydrogens is 203 g/mol. The van der Waals surface area contributed by atoms with Crippen LogP contribution < -0.4 is 10.6 Å². The quantitative estimate of drug-likeness (QED) is 0.832. The predicted octanol–water partition coefficient (Wildman–Crippen LogP) is 2.38. The summed E-state index contributed by atoms with van der Waals surface area (Å²) in [4.78, 5) is 2.25. The summed E-state index contributed by atoms with van der Waals surface area (Å²) in [5.41, 5.74) is 7.39. The molecule has 1 aliphatic heterocycles. The highest BCUT2D eigenvalue weighted by Crippen LogP contribution is 2.28. The van der Waals surface area contributed by atoms with Crippen LogP contribution in [0.25, 0.3) is 0 Å². The van der Waals surface area contributed by atoms with Crippen LogP contribution in [0.4, 0.5) is 10.1 Å². The van der Waals surface area contributed by atoms with Gasteiger partial charge in [0.2, 0.25) is 0 Å². The Balaban J connectivity index is 2.24. The van der Waals surface area contributed by atoms with Crippen LogP contribution in [0, 0.1) is 17.7 Å². The first kappa shape index (κ1) is 11.4. The van der Waals surface area contributed by atoms with Crippen LogP contribution in [0.1, 0.15) is 19.4 Å². The van der Waals surface area contributed by atoms with Crippen molar-refractivity contribution in [2.24, 2.45) is 17.6 Å². The molecule has 2 unspecified atom stereocenters. The molecular formula is C13H19FN2. The molecule has 1 saturated heterocycles. The Morgan fingerprint density at radius 3 is 2.44 bits per heavy atom. The molecule has 16 heavy (non-hydrogen) atoms. The number of nitrogens with two attached hydrogens (primary N) is 1. The average Bonchev–Trinajstić information content (AvgIpc) is 2.58. The van der Waals surface area contributed by atoms with Gasteiger partial charge in [-0.3, -0.25) is 0 Å². The fourth-order valence-corrected chi connectivity index (χ4v) is 2.27. The van der Waals surface area contributed by atoms with Crippen LogP contribution >= 0.6 is 0 Å². The molecule has 2 N–H and O–H groups in total. The fraction of sp³-hybridized carbons (Fsp3) is 0.538. The molecule has 1 aromatic rings. The second-order valence-electron chi connectivity index (χ2n) is 4.88. The lowest BCUT2D eigenvalue weighted by Gasteiger charge is -2.19. The van der Waals surface area contributed by atoms with Crippen molar-refractivity contribution in [2.45, 2.75) is 20.4 Å². The van der Waals surface area contributed by atoms with Crippen molar-refractivity contribution in [3.05, 3.63) is 29.6 Å². The minimum Gasteiger partial charge on any atom is -0.371 e. The van der Waals surface area contributed by atoms with Gasteiger partial charge in [-0.05, 0) is 35.6 Å². The molecule has 1 aromatic carbocycles. The van der Waals surface area contributed by atoms with Gasteiger partial charge < -0.3 is 10.6 Å². The van der Waals surface area contributed by atoms with E-state index in [4.69, 9.17) is 5.73 Å². The fourth-order valence-electron chi connectivity index (χ4n) is 2.27. The molecule has 0 aliphatic carbocycles. The minimum atomic E-state index is -0.190. The summed E-state index contributed by atoms with van der Waals surface area (Å²) in [6.45, 7) is 6.90. The third-order valence-corrected chi connectivity index (χ3v) is 3.53.